The Balaban J connectivity index is 2.14. The molecule has 0 bridgehead atoms. The van der Waals surface area contributed by atoms with Crippen molar-refractivity contribution in [2.45, 2.75) is 18.7 Å². The first kappa shape index (κ1) is 13.4. The Hall–Kier alpha value is -0.580. The molecule has 0 saturated carbocycles. The summed E-state index contributed by atoms with van der Waals surface area (Å²) in [6, 6.07) is 8.44. The Labute approximate surface area is 132 Å². The predicted molar refractivity (Wildman–Crippen MR) is 88.5 cm³/mol. The molecule has 0 fully saturated rings. The number of aryl methyl sites for hydroxylation is 2. The van der Waals surface area contributed by atoms with Crippen molar-refractivity contribution in [1.29, 1.82) is 0 Å². The molecule has 0 aliphatic rings. The molecule has 0 N–H and O–H groups in total. The minimum Gasteiger partial charge on any atom is -0.466 e. The van der Waals surface area contributed by atoms with E-state index in [2.05, 4.69) is 61.5 Å². The van der Waals surface area contributed by atoms with Gasteiger partial charge in [-0.25, -0.2) is 0 Å². The van der Waals surface area contributed by atoms with Crippen LogP contribution in [0.1, 0.15) is 27.5 Å². The Morgan fingerprint density at radius 3 is 2.68 bits per heavy atom. The van der Waals surface area contributed by atoms with E-state index in [1.165, 1.54) is 21.2 Å². The van der Waals surface area contributed by atoms with Gasteiger partial charge in [0, 0.05) is 14.7 Å². The zero-order valence-corrected chi connectivity index (χ0v) is 14.5. The molecule has 4 heteroatoms. The fraction of sp³-hybridized carbons (Fsp3) is 0.200. The van der Waals surface area contributed by atoms with Crippen LogP contribution in [0.3, 0.4) is 0 Å². The van der Waals surface area contributed by atoms with E-state index in [1.807, 2.05) is 13.8 Å². The van der Waals surface area contributed by atoms with Crippen LogP contribution in [-0.4, -0.2) is 0 Å². The van der Waals surface area contributed by atoms with Gasteiger partial charge in [0.25, 0.3) is 0 Å². The summed E-state index contributed by atoms with van der Waals surface area (Å²) in [6.45, 7) is 4.00. The third-order valence-corrected chi connectivity index (χ3v) is 6.16. The Morgan fingerprint density at radius 2 is 2.00 bits per heavy atom. The van der Waals surface area contributed by atoms with E-state index in [-0.39, 0.29) is 4.83 Å². The van der Waals surface area contributed by atoms with Gasteiger partial charge in [0.2, 0.25) is 0 Å². The van der Waals surface area contributed by atoms with Crippen LogP contribution in [-0.2, 0) is 0 Å². The number of hydrogen-bond donors (Lipinski definition) is 0. The summed E-state index contributed by atoms with van der Waals surface area (Å²) < 4.78 is 8.08. The first-order valence-corrected chi connectivity index (χ1v) is 8.53. The van der Waals surface area contributed by atoms with Gasteiger partial charge in [-0.05, 0) is 58.2 Å². The summed E-state index contributed by atoms with van der Waals surface area (Å²) >= 11 is 9.19. The number of benzene rings is 1. The lowest BCUT2D eigenvalue weighted by Gasteiger charge is -2.08. The summed E-state index contributed by atoms with van der Waals surface area (Å²) in [5, 5.41) is 3.51. The van der Waals surface area contributed by atoms with Gasteiger partial charge in [-0.1, -0.05) is 28.1 Å². The van der Waals surface area contributed by atoms with Crippen LogP contribution in [0.25, 0.3) is 10.1 Å². The fourth-order valence-electron chi connectivity index (χ4n) is 2.31. The standard InChI is InChI=1S/C15H12Br2OS/c1-8-6-11(9(2)18-8)14(17)12-7-19-15-10(12)4-3-5-13(15)16/h3-7,14H,1-2H3. The van der Waals surface area contributed by atoms with Gasteiger partial charge in [0.1, 0.15) is 11.5 Å². The maximum atomic E-state index is 5.63. The second-order valence-electron chi connectivity index (χ2n) is 4.54. The second-order valence-corrected chi connectivity index (χ2v) is 7.19. The topological polar surface area (TPSA) is 13.1 Å². The normalized spacial score (nSPS) is 13.1. The molecule has 1 unspecified atom stereocenters. The van der Waals surface area contributed by atoms with Crippen LogP contribution < -0.4 is 0 Å². The molecule has 3 rings (SSSR count). The molecule has 1 atom stereocenters. The van der Waals surface area contributed by atoms with E-state index in [9.17, 15) is 0 Å². The Kier molecular flexibility index (Phi) is 3.58. The van der Waals surface area contributed by atoms with E-state index in [0.29, 0.717) is 0 Å². The number of furan rings is 1. The second kappa shape index (κ2) is 5.08. The van der Waals surface area contributed by atoms with Gasteiger partial charge in [-0.15, -0.1) is 11.3 Å². The molecule has 2 heterocycles. The first-order valence-electron chi connectivity index (χ1n) is 5.94. The van der Waals surface area contributed by atoms with Crippen molar-refractivity contribution in [2.75, 3.05) is 0 Å². The van der Waals surface area contributed by atoms with Crippen molar-refractivity contribution in [2.24, 2.45) is 0 Å². The number of rotatable bonds is 2. The van der Waals surface area contributed by atoms with Gasteiger partial charge < -0.3 is 4.42 Å². The smallest absolute Gasteiger partial charge is 0.105 e. The highest BCUT2D eigenvalue weighted by molar-refractivity contribution is 9.10. The van der Waals surface area contributed by atoms with Crippen molar-refractivity contribution >= 4 is 53.3 Å². The van der Waals surface area contributed by atoms with Crippen molar-refractivity contribution in [1.82, 2.24) is 0 Å². The van der Waals surface area contributed by atoms with Crippen LogP contribution in [0.15, 0.2) is 38.5 Å². The van der Waals surface area contributed by atoms with Gasteiger partial charge >= 0.3 is 0 Å². The van der Waals surface area contributed by atoms with Gasteiger partial charge in [-0.2, -0.15) is 0 Å². The van der Waals surface area contributed by atoms with Crippen LogP contribution in [0, 0.1) is 13.8 Å². The largest absolute Gasteiger partial charge is 0.466 e. The maximum absolute atomic E-state index is 5.63. The van der Waals surface area contributed by atoms with Crippen molar-refractivity contribution in [3.05, 3.63) is 56.8 Å². The Morgan fingerprint density at radius 1 is 1.21 bits per heavy atom. The maximum Gasteiger partial charge on any atom is 0.105 e. The van der Waals surface area contributed by atoms with Crippen molar-refractivity contribution in [3.8, 4) is 0 Å². The van der Waals surface area contributed by atoms with Crippen LogP contribution >= 0.6 is 43.2 Å². The number of fused-ring (bicyclic) bond motifs is 1. The molecule has 0 aliphatic heterocycles. The lowest BCUT2D eigenvalue weighted by atomic mass is 10.0. The molecule has 0 aliphatic carbocycles. The molecule has 19 heavy (non-hydrogen) atoms. The molecule has 1 aromatic carbocycles. The molecule has 0 saturated heterocycles. The van der Waals surface area contributed by atoms with E-state index in [4.69, 9.17) is 4.42 Å². The molecule has 3 aromatic rings. The fourth-order valence-corrected chi connectivity index (χ4v) is 4.96. The van der Waals surface area contributed by atoms with Crippen molar-refractivity contribution in [3.63, 3.8) is 0 Å². The minimum atomic E-state index is 0.174. The molecule has 1 nitrogen and oxygen atoms in total. The summed E-state index contributed by atoms with van der Waals surface area (Å²) in [6.07, 6.45) is 0. The predicted octanol–water partition coefficient (Wildman–Crippen LogP) is 6.36. The van der Waals surface area contributed by atoms with E-state index in [0.717, 1.165) is 16.0 Å². The average molecular weight is 400 g/mol. The summed E-state index contributed by atoms with van der Waals surface area (Å²) in [5.74, 6) is 1.94. The lowest BCUT2D eigenvalue weighted by molar-refractivity contribution is 0.502. The molecular formula is C15H12Br2OS. The zero-order valence-electron chi connectivity index (χ0n) is 10.5. The molecule has 0 amide bonds. The SMILES string of the molecule is Cc1cc(C(Br)c2csc3c(Br)cccc23)c(C)o1. The van der Waals surface area contributed by atoms with E-state index in [1.54, 1.807) is 11.3 Å². The molecule has 2 aromatic heterocycles. The molecule has 0 spiro atoms. The number of halogens is 2. The zero-order chi connectivity index (χ0) is 13.6. The summed E-state index contributed by atoms with van der Waals surface area (Å²) in [5.41, 5.74) is 2.50. The average Bonchev–Trinajstić information content (AvgIpc) is 2.93. The first-order chi connectivity index (χ1) is 9.08. The quantitative estimate of drug-likeness (QED) is 0.457. The highest BCUT2D eigenvalue weighted by atomic mass is 79.9. The third kappa shape index (κ3) is 2.30. The number of alkyl halides is 1. The lowest BCUT2D eigenvalue weighted by Crippen LogP contribution is -1.91. The van der Waals surface area contributed by atoms with Gasteiger partial charge in [-0.3, -0.25) is 0 Å². The van der Waals surface area contributed by atoms with E-state index < -0.39 is 0 Å². The summed E-state index contributed by atoms with van der Waals surface area (Å²) in [4.78, 5) is 0.174. The van der Waals surface area contributed by atoms with Crippen LogP contribution in [0.4, 0.5) is 0 Å². The highest BCUT2D eigenvalue weighted by Gasteiger charge is 2.20. The molecular weight excluding hydrogens is 388 g/mol. The van der Waals surface area contributed by atoms with Crippen LogP contribution in [0.5, 0.6) is 0 Å². The van der Waals surface area contributed by atoms with Gasteiger partial charge in [0.05, 0.1) is 4.83 Å². The van der Waals surface area contributed by atoms with E-state index >= 15 is 0 Å². The Bertz CT molecular complexity index is 742. The number of thiophene rings is 1. The van der Waals surface area contributed by atoms with Gasteiger partial charge in [0.15, 0.2) is 0 Å². The highest BCUT2D eigenvalue weighted by Crippen LogP contribution is 2.42. The molecule has 98 valence electrons. The minimum absolute atomic E-state index is 0.174. The van der Waals surface area contributed by atoms with Crippen molar-refractivity contribution < 1.29 is 4.42 Å². The molecule has 0 radical (unpaired) electrons. The summed E-state index contributed by atoms with van der Waals surface area (Å²) in [7, 11) is 0. The monoisotopic (exact) mass is 398 g/mol. The number of hydrogen-bond acceptors (Lipinski definition) is 2. The third-order valence-electron chi connectivity index (χ3n) is 3.21. The van der Waals surface area contributed by atoms with Crippen LogP contribution in [0.2, 0.25) is 0 Å².